The van der Waals surface area contributed by atoms with Crippen LogP contribution < -0.4 is 15.4 Å². The number of hydrogen-bond acceptors (Lipinski definition) is 5. The Bertz CT molecular complexity index is 1890. The van der Waals surface area contributed by atoms with Crippen LogP contribution in [0.3, 0.4) is 0 Å². The first-order valence-corrected chi connectivity index (χ1v) is 14.5. The number of nitrogens with zero attached hydrogens (tertiary/aromatic N) is 3. The number of anilines is 1. The Labute approximate surface area is 263 Å². The molecule has 3 aromatic carbocycles. The van der Waals surface area contributed by atoms with Crippen molar-refractivity contribution < 1.29 is 31.9 Å². The molecule has 0 unspecified atom stereocenters. The van der Waals surface area contributed by atoms with Gasteiger partial charge < -0.3 is 15.4 Å². The molecule has 0 atom stereocenters. The first-order valence-electron chi connectivity index (χ1n) is 13.7. The number of para-hydroxylation sites is 1. The number of aryl methyl sites for hydroxylation is 1. The van der Waals surface area contributed by atoms with Crippen LogP contribution in [0.1, 0.15) is 43.4 Å². The first kappa shape index (κ1) is 31.6. The van der Waals surface area contributed by atoms with Crippen molar-refractivity contribution in [3.8, 4) is 5.75 Å². The smallest absolute Gasteiger partial charge is 0.433 e. The van der Waals surface area contributed by atoms with Gasteiger partial charge in [0.2, 0.25) is 0 Å². The number of rotatable bonds is 9. The van der Waals surface area contributed by atoms with Crippen molar-refractivity contribution in [2.45, 2.75) is 26.6 Å². The van der Waals surface area contributed by atoms with Gasteiger partial charge in [-0.1, -0.05) is 40.2 Å². The molecule has 13 heteroatoms. The van der Waals surface area contributed by atoms with Gasteiger partial charge in [0.05, 0.1) is 41.2 Å². The molecule has 0 aliphatic carbocycles. The molecule has 0 saturated carbocycles. The lowest BCUT2D eigenvalue weighted by Gasteiger charge is -2.13. The second-order valence-corrected chi connectivity index (χ2v) is 11.0. The van der Waals surface area contributed by atoms with E-state index in [1.165, 1.54) is 18.2 Å². The highest BCUT2D eigenvalue weighted by Crippen LogP contribution is 2.33. The summed E-state index contributed by atoms with van der Waals surface area (Å²) in [5, 5.41) is 10.2. The molecule has 5 aromatic rings. The highest BCUT2D eigenvalue weighted by Gasteiger charge is 2.34. The quantitative estimate of drug-likeness (QED) is 0.128. The van der Waals surface area contributed by atoms with E-state index in [0.717, 1.165) is 11.6 Å². The molecule has 8 nitrogen and oxygen atoms in total. The summed E-state index contributed by atoms with van der Waals surface area (Å²) in [5.41, 5.74) is 1.38. The second-order valence-electron chi connectivity index (χ2n) is 10.1. The number of benzene rings is 3. The van der Waals surface area contributed by atoms with Crippen LogP contribution in [0.5, 0.6) is 5.75 Å². The zero-order valence-electron chi connectivity index (χ0n) is 24.0. The van der Waals surface area contributed by atoms with E-state index < -0.39 is 23.6 Å². The number of alkyl halides is 3. The molecule has 0 spiro atoms. The predicted molar refractivity (Wildman–Crippen MR) is 164 cm³/mol. The van der Waals surface area contributed by atoms with Gasteiger partial charge in [-0.2, -0.15) is 18.3 Å². The summed E-state index contributed by atoms with van der Waals surface area (Å²) in [6.45, 7) is 4.01. The van der Waals surface area contributed by atoms with Crippen molar-refractivity contribution in [1.29, 1.82) is 0 Å². The standard InChI is InChI=1S/C32H26BrF4N5O3/c1-18-29(40-31(44)24-16-28(32(35,36)37)39-26-12-11-22(33)15-23(24)26)19(2)42(41-18)17-20-7-9-21(10-8-20)30(43)38-13-14-45-27-6-4-3-5-25(27)34/h3-12,15-16H,13-14,17H2,1-2H3,(H,38,43)(H,40,44). The van der Waals surface area contributed by atoms with Crippen molar-refractivity contribution >= 4 is 44.3 Å². The fourth-order valence-electron chi connectivity index (χ4n) is 4.67. The topological polar surface area (TPSA) is 98.1 Å². The van der Waals surface area contributed by atoms with Gasteiger partial charge in [-0.3, -0.25) is 14.3 Å². The minimum Gasteiger partial charge on any atom is -0.489 e. The third kappa shape index (κ3) is 7.31. The number of fused-ring (bicyclic) bond motifs is 1. The van der Waals surface area contributed by atoms with Crippen LogP contribution in [0.25, 0.3) is 10.9 Å². The highest BCUT2D eigenvalue weighted by molar-refractivity contribution is 9.10. The van der Waals surface area contributed by atoms with Crippen molar-refractivity contribution in [2.24, 2.45) is 0 Å². The van der Waals surface area contributed by atoms with Crippen molar-refractivity contribution in [1.82, 2.24) is 20.1 Å². The molecular weight excluding hydrogens is 658 g/mol. The number of carbonyl (C=O) groups is 2. The lowest BCUT2D eigenvalue weighted by Crippen LogP contribution is -2.28. The lowest BCUT2D eigenvalue weighted by molar-refractivity contribution is -0.141. The Kier molecular flexibility index (Phi) is 9.19. The SMILES string of the molecule is Cc1nn(Cc2ccc(C(=O)NCCOc3ccccc3F)cc2)c(C)c1NC(=O)c1cc(C(F)(F)F)nc2ccc(Br)cc12. The van der Waals surface area contributed by atoms with Crippen LogP contribution in [-0.4, -0.2) is 39.7 Å². The molecule has 2 amide bonds. The van der Waals surface area contributed by atoms with Gasteiger partial charge in [-0.25, -0.2) is 9.37 Å². The molecule has 2 heterocycles. The van der Waals surface area contributed by atoms with E-state index in [0.29, 0.717) is 33.7 Å². The van der Waals surface area contributed by atoms with E-state index in [1.54, 1.807) is 67.1 Å². The van der Waals surface area contributed by atoms with Crippen LogP contribution in [0.4, 0.5) is 23.2 Å². The third-order valence-corrected chi connectivity index (χ3v) is 7.45. The first-order chi connectivity index (χ1) is 21.4. The Balaban J connectivity index is 1.25. The van der Waals surface area contributed by atoms with E-state index in [9.17, 15) is 27.2 Å². The van der Waals surface area contributed by atoms with E-state index in [2.05, 4.69) is 36.6 Å². The van der Waals surface area contributed by atoms with Gasteiger partial charge in [0, 0.05) is 15.4 Å². The minimum atomic E-state index is -4.74. The number of hydrogen-bond donors (Lipinski definition) is 2. The number of aromatic nitrogens is 3. The number of ether oxygens (including phenoxy) is 1. The molecule has 0 radical (unpaired) electrons. The lowest BCUT2D eigenvalue weighted by atomic mass is 10.1. The fraction of sp³-hybridized carbons (Fsp3) is 0.188. The van der Waals surface area contributed by atoms with Crippen LogP contribution in [0.2, 0.25) is 0 Å². The van der Waals surface area contributed by atoms with E-state index in [4.69, 9.17) is 4.74 Å². The largest absolute Gasteiger partial charge is 0.489 e. The van der Waals surface area contributed by atoms with Crippen LogP contribution in [-0.2, 0) is 12.7 Å². The van der Waals surface area contributed by atoms with E-state index >= 15 is 0 Å². The number of carbonyl (C=O) groups excluding carboxylic acids is 2. The zero-order chi connectivity index (χ0) is 32.3. The Morgan fingerprint density at radius 2 is 1.71 bits per heavy atom. The molecule has 2 aromatic heterocycles. The number of nitrogens with one attached hydrogen (secondary N) is 2. The molecule has 0 bridgehead atoms. The highest BCUT2D eigenvalue weighted by atomic mass is 79.9. The zero-order valence-corrected chi connectivity index (χ0v) is 25.6. The van der Waals surface area contributed by atoms with Crippen LogP contribution in [0.15, 0.2) is 77.3 Å². The third-order valence-electron chi connectivity index (χ3n) is 6.96. The van der Waals surface area contributed by atoms with E-state index in [1.807, 2.05) is 0 Å². The van der Waals surface area contributed by atoms with Gasteiger partial charge in [0.25, 0.3) is 11.8 Å². The molecule has 45 heavy (non-hydrogen) atoms. The normalized spacial score (nSPS) is 11.4. The summed E-state index contributed by atoms with van der Waals surface area (Å²) in [5.74, 6) is -1.42. The van der Waals surface area contributed by atoms with Crippen LogP contribution in [0, 0.1) is 19.7 Å². The summed E-state index contributed by atoms with van der Waals surface area (Å²) in [4.78, 5) is 29.6. The molecule has 0 aliphatic rings. The summed E-state index contributed by atoms with van der Waals surface area (Å²) in [7, 11) is 0. The van der Waals surface area contributed by atoms with Crippen molar-refractivity contribution in [3.05, 3.63) is 117 Å². The van der Waals surface area contributed by atoms with Gasteiger partial charge in [-0.05, 0) is 67.9 Å². The molecule has 0 fully saturated rings. The Morgan fingerprint density at radius 3 is 2.42 bits per heavy atom. The maximum atomic E-state index is 13.6. The Hall–Kier alpha value is -4.78. The minimum absolute atomic E-state index is 0.0374. The number of pyridine rings is 1. The fourth-order valence-corrected chi connectivity index (χ4v) is 5.03. The molecule has 0 saturated heterocycles. The molecular formula is C32H26BrF4N5O3. The maximum Gasteiger partial charge on any atom is 0.433 e. The average Bonchev–Trinajstić information content (AvgIpc) is 3.26. The predicted octanol–water partition coefficient (Wildman–Crippen LogP) is 7.08. The van der Waals surface area contributed by atoms with Gasteiger partial charge in [0.1, 0.15) is 12.3 Å². The monoisotopic (exact) mass is 683 g/mol. The van der Waals surface area contributed by atoms with Gasteiger partial charge in [-0.15, -0.1) is 0 Å². The Morgan fingerprint density at radius 1 is 0.978 bits per heavy atom. The van der Waals surface area contributed by atoms with Crippen molar-refractivity contribution in [2.75, 3.05) is 18.5 Å². The number of amides is 2. The summed E-state index contributed by atoms with van der Waals surface area (Å²) < 4.78 is 61.9. The maximum absolute atomic E-state index is 13.6. The van der Waals surface area contributed by atoms with Gasteiger partial charge >= 0.3 is 6.18 Å². The summed E-state index contributed by atoms with van der Waals surface area (Å²) in [6.07, 6.45) is -4.74. The summed E-state index contributed by atoms with van der Waals surface area (Å²) >= 11 is 3.30. The molecule has 0 aliphatic heterocycles. The molecule has 2 N–H and O–H groups in total. The number of halogens is 5. The van der Waals surface area contributed by atoms with Crippen molar-refractivity contribution in [3.63, 3.8) is 0 Å². The molecule has 5 rings (SSSR count). The average molecular weight is 684 g/mol. The summed E-state index contributed by atoms with van der Waals surface area (Å²) in [6, 6.07) is 18.1. The van der Waals surface area contributed by atoms with Crippen LogP contribution >= 0.6 is 15.9 Å². The second kappa shape index (κ2) is 13.1. The van der Waals surface area contributed by atoms with E-state index in [-0.39, 0.29) is 41.3 Å². The van der Waals surface area contributed by atoms with Gasteiger partial charge in [0.15, 0.2) is 11.6 Å². The molecule has 232 valence electrons.